The maximum atomic E-state index is 12.4. The van der Waals surface area contributed by atoms with Crippen molar-refractivity contribution in [2.24, 2.45) is 17.8 Å². The van der Waals surface area contributed by atoms with E-state index in [2.05, 4.69) is 11.9 Å². The highest BCUT2D eigenvalue weighted by Gasteiger charge is 2.52. The first-order valence-corrected chi connectivity index (χ1v) is 6.59. The minimum Gasteiger partial charge on any atom is -0.397 e. The summed E-state index contributed by atoms with van der Waals surface area (Å²) in [6.07, 6.45) is 3.10. The van der Waals surface area contributed by atoms with Gasteiger partial charge in [-0.1, -0.05) is 6.92 Å². The number of fused-ring (bicyclic) bond motifs is 1. The number of amides is 2. The van der Waals surface area contributed by atoms with Crippen molar-refractivity contribution in [1.82, 2.24) is 4.98 Å². The van der Waals surface area contributed by atoms with Gasteiger partial charge in [-0.05, 0) is 37.3 Å². The van der Waals surface area contributed by atoms with Crippen LogP contribution in [-0.4, -0.2) is 16.8 Å². The molecular weight excluding hydrogens is 242 g/mol. The van der Waals surface area contributed by atoms with Gasteiger partial charge < -0.3 is 5.73 Å². The number of nitrogen functional groups attached to an aromatic ring is 1. The first kappa shape index (κ1) is 12.1. The second-order valence-corrected chi connectivity index (χ2v) is 5.71. The van der Waals surface area contributed by atoms with Gasteiger partial charge in [-0.2, -0.15) is 0 Å². The van der Waals surface area contributed by atoms with Crippen molar-refractivity contribution in [2.45, 2.75) is 26.7 Å². The van der Waals surface area contributed by atoms with Crippen LogP contribution in [0.5, 0.6) is 0 Å². The van der Waals surface area contributed by atoms with Crippen LogP contribution in [0.2, 0.25) is 0 Å². The zero-order chi connectivity index (χ0) is 13.7. The molecule has 2 unspecified atom stereocenters. The van der Waals surface area contributed by atoms with Crippen molar-refractivity contribution >= 4 is 23.3 Å². The van der Waals surface area contributed by atoms with Gasteiger partial charge in [0.15, 0.2) is 0 Å². The molecule has 2 atom stereocenters. The van der Waals surface area contributed by atoms with E-state index in [0.29, 0.717) is 17.4 Å². The van der Waals surface area contributed by atoms with E-state index < -0.39 is 0 Å². The zero-order valence-corrected chi connectivity index (χ0v) is 11.1. The fraction of sp³-hybridized carbons (Fsp3) is 0.500. The van der Waals surface area contributed by atoms with Gasteiger partial charge in [-0.15, -0.1) is 0 Å². The first-order valence-electron chi connectivity index (χ1n) is 6.59. The van der Waals surface area contributed by atoms with E-state index in [9.17, 15) is 9.59 Å². The number of hydrogen-bond donors (Lipinski definition) is 1. The summed E-state index contributed by atoms with van der Waals surface area (Å²) in [5.74, 6) is 0.388. The number of aryl methyl sites for hydroxylation is 1. The number of hydrogen-bond acceptors (Lipinski definition) is 4. The molecule has 0 radical (unpaired) electrons. The molecule has 3 rings (SSSR count). The number of carbonyl (C=O) groups is 2. The topological polar surface area (TPSA) is 76.3 Å². The summed E-state index contributed by atoms with van der Waals surface area (Å²) in [4.78, 5) is 30.3. The molecule has 1 aliphatic heterocycles. The Bertz CT molecular complexity index is 546. The predicted molar refractivity (Wildman–Crippen MR) is 71.3 cm³/mol. The average Bonchev–Trinajstić information content (AvgIpc) is 2.82. The third-order valence-corrected chi connectivity index (χ3v) is 4.16. The van der Waals surface area contributed by atoms with Crippen molar-refractivity contribution in [3.8, 4) is 0 Å². The van der Waals surface area contributed by atoms with Crippen molar-refractivity contribution in [3.63, 3.8) is 0 Å². The molecule has 1 saturated carbocycles. The standard InChI is InChI=1S/C14H17N3O2/c1-7-3-10-11(4-7)14(19)17(13(10)18)12-8(2)5-9(15)6-16-12/h5-7,10-11H,3-4,15H2,1-2H3. The van der Waals surface area contributed by atoms with Crippen molar-refractivity contribution in [1.29, 1.82) is 0 Å². The Morgan fingerprint density at radius 1 is 1.26 bits per heavy atom. The Kier molecular flexibility index (Phi) is 2.59. The Morgan fingerprint density at radius 2 is 1.84 bits per heavy atom. The van der Waals surface area contributed by atoms with Crippen LogP contribution in [-0.2, 0) is 9.59 Å². The molecule has 1 saturated heterocycles. The molecule has 2 heterocycles. The Morgan fingerprint density at radius 3 is 2.37 bits per heavy atom. The number of imide groups is 1. The lowest BCUT2D eigenvalue weighted by Gasteiger charge is -2.17. The molecule has 1 aromatic heterocycles. The van der Waals surface area contributed by atoms with Crippen LogP contribution >= 0.6 is 0 Å². The van der Waals surface area contributed by atoms with Gasteiger partial charge in [-0.25, -0.2) is 9.88 Å². The van der Waals surface area contributed by atoms with Gasteiger partial charge in [0.2, 0.25) is 11.8 Å². The van der Waals surface area contributed by atoms with E-state index in [1.165, 1.54) is 11.1 Å². The molecule has 2 amide bonds. The number of aromatic nitrogens is 1. The quantitative estimate of drug-likeness (QED) is 0.775. The van der Waals surface area contributed by atoms with Gasteiger partial charge in [-0.3, -0.25) is 9.59 Å². The lowest BCUT2D eigenvalue weighted by atomic mass is 10.00. The van der Waals surface area contributed by atoms with Crippen LogP contribution in [0.25, 0.3) is 0 Å². The van der Waals surface area contributed by atoms with Crippen LogP contribution in [0, 0.1) is 24.7 Å². The second-order valence-electron chi connectivity index (χ2n) is 5.71. The summed E-state index contributed by atoms with van der Waals surface area (Å²) in [5.41, 5.74) is 6.95. The summed E-state index contributed by atoms with van der Waals surface area (Å²) in [6.45, 7) is 3.91. The summed E-state index contributed by atoms with van der Waals surface area (Å²) < 4.78 is 0. The lowest BCUT2D eigenvalue weighted by Crippen LogP contribution is -2.33. The lowest BCUT2D eigenvalue weighted by molar-refractivity contribution is -0.123. The average molecular weight is 259 g/mol. The smallest absolute Gasteiger partial charge is 0.238 e. The summed E-state index contributed by atoms with van der Waals surface area (Å²) in [5, 5.41) is 0. The van der Waals surface area contributed by atoms with Gasteiger partial charge >= 0.3 is 0 Å². The van der Waals surface area contributed by atoms with E-state index >= 15 is 0 Å². The maximum Gasteiger partial charge on any atom is 0.238 e. The number of carbonyl (C=O) groups excluding carboxylic acids is 2. The van der Waals surface area contributed by atoms with Crippen LogP contribution in [0.3, 0.4) is 0 Å². The largest absolute Gasteiger partial charge is 0.397 e. The number of anilines is 2. The van der Waals surface area contributed by atoms with Gasteiger partial charge in [0.1, 0.15) is 5.82 Å². The summed E-state index contributed by atoms with van der Waals surface area (Å²) in [6, 6.07) is 1.74. The fourth-order valence-electron chi connectivity index (χ4n) is 3.31. The highest BCUT2D eigenvalue weighted by molar-refractivity contribution is 6.22. The van der Waals surface area contributed by atoms with Crippen LogP contribution in [0.1, 0.15) is 25.3 Å². The third-order valence-electron chi connectivity index (χ3n) is 4.16. The molecule has 5 heteroatoms. The van der Waals surface area contributed by atoms with Crippen molar-refractivity contribution in [3.05, 3.63) is 17.8 Å². The molecular formula is C14H17N3O2. The van der Waals surface area contributed by atoms with Crippen LogP contribution < -0.4 is 10.6 Å². The molecule has 0 aromatic carbocycles. The number of nitrogens with two attached hydrogens (primary N) is 1. The van der Waals surface area contributed by atoms with Gasteiger partial charge in [0.25, 0.3) is 0 Å². The molecule has 5 nitrogen and oxygen atoms in total. The Balaban J connectivity index is 1.99. The summed E-state index contributed by atoms with van der Waals surface area (Å²) >= 11 is 0. The maximum absolute atomic E-state index is 12.4. The van der Waals surface area contributed by atoms with E-state index in [4.69, 9.17) is 5.73 Å². The highest BCUT2D eigenvalue weighted by atomic mass is 16.2. The van der Waals surface area contributed by atoms with Crippen LogP contribution in [0.4, 0.5) is 11.5 Å². The fourth-order valence-corrected chi connectivity index (χ4v) is 3.31. The van der Waals surface area contributed by atoms with E-state index in [-0.39, 0.29) is 23.7 Å². The molecule has 2 fully saturated rings. The van der Waals surface area contributed by atoms with E-state index in [1.807, 2.05) is 6.92 Å². The van der Waals surface area contributed by atoms with Crippen molar-refractivity contribution in [2.75, 3.05) is 10.6 Å². The van der Waals surface area contributed by atoms with E-state index in [0.717, 1.165) is 18.4 Å². The molecule has 0 spiro atoms. The van der Waals surface area contributed by atoms with Crippen molar-refractivity contribution < 1.29 is 9.59 Å². The minimum absolute atomic E-state index is 0.0975. The molecule has 0 bridgehead atoms. The minimum atomic E-state index is -0.152. The third kappa shape index (κ3) is 1.72. The Labute approximate surface area is 111 Å². The van der Waals surface area contributed by atoms with Crippen LogP contribution in [0.15, 0.2) is 12.3 Å². The van der Waals surface area contributed by atoms with E-state index in [1.54, 1.807) is 6.07 Å². The summed E-state index contributed by atoms with van der Waals surface area (Å²) in [7, 11) is 0. The number of nitrogens with zero attached hydrogens (tertiary/aromatic N) is 2. The number of pyridine rings is 1. The first-order chi connectivity index (χ1) is 8.99. The molecule has 1 aliphatic carbocycles. The normalized spacial score (nSPS) is 30.0. The van der Waals surface area contributed by atoms with Gasteiger partial charge in [0, 0.05) is 0 Å². The molecule has 19 heavy (non-hydrogen) atoms. The number of rotatable bonds is 1. The molecule has 2 N–H and O–H groups in total. The zero-order valence-electron chi connectivity index (χ0n) is 11.1. The monoisotopic (exact) mass is 259 g/mol. The highest BCUT2D eigenvalue weighted by Crippen LogP contribution is 2.44. The molecule has 1 aromatic rings. The molecule has 100 valence electrons. The SMILES string of the molecule is Cc1cc(N)cnc1N1C(=O)C2CC(C)CC2C1=O. The second kappa shape index (κ2) is 4.05. The van der Waals surface area contributed by atoms with Gasteiger partial charge in [0.05, 0.1) is 23.7 Å². The Hall–Kier alpha value is -1.91. The molecule has 2 aliphatic rings. The predicted octanol–water partition coefficient (Wildman–Crippen LogP) is 1.51.